The number of amides is 1. The Labute approximate surface area is 115 Å². The number of ether oxygens (including phenoxy) is 1. The van der Waals surface area contributed by atoms with E-state index in [1.54, 1.807) is 24.3 Å². The van der Waals surface area contributed by atoms with Crippen molar-refractivity contribution >= 4 is 17.8 Å². The number of carboxylic acids is 1. The first-order valence-electron chi connectivity index (χ1n) is 5.87. The number of nitrogens with one attached hydrogen (secondary N) is 1. The van der Waals surface area contributed by atoms with Crippen molar-refractivity contribution in [3.05, 3.63) is 35.9 Å². The summed E-state index contributed by atoms with van der Waals surface area (Å²) < 4.78 is 4.87. The zero-order valence-corrected chi connectivity index (χ0v) is 10.6. The van der Waals surface area contributed by atoms with Crippen LogP contribution in [0.25, 0.3) is 0 Å². The predicted molar refractivity (Wildman–Crippen MR) is 67.9 cm³/mol. The van der Waals surface area contributed by atoms with E-state index in [1.165, 1.54) is 0 Å². The third kappa shape index (κ3) is 5.96. The van der Waals surface area contributed by atoms with Gasteiger partial charge in [0.1, 0.15) is 6.61 Å². The summed E-state index contributed by atoms with van der Waals surface area (Å²) in [5, 5.41) is 19.9. The number of alkyl carbamates (subject to hydrolysis) is 1. The first-order chi connectivity index (χ1) is 9.49. The van der Waals surface area contributed by atoms with Gasteiger partial charge in [0.2, 0.25) is 5.78 Å². The van der Waals surface area contributed by atoms with Gasteiger partial charge in [-0.05, 0) is 5.56 Å². The number of carboxylic acid groups (broad SMARTS) is 1. The van der Waals surface area contributed by atoms with Gasteiger partial charge in [0, 0.05) is 13.0 Å². The monoisotopic (exact) mass is 281 g/mol. The molecule has 20 heavy (non-hydrogen) atoms. The van der Waals surface area contributed by atoms with Crippen LogP contribution in [0.4, 0.5) is 4.79 Å². The summed E-state index contributed by atoms with van der Waals surface area (Å²) in [4.78, 5) is 32.4. The summed E-state index contributed by atoms with van der Waals surface area (Å²) >= 11 is 0. The van der Waals surface area contributed by atoms with Crippen molar-refractivity contribution < 1.29 is 29.3 Å². The standard InChI is InChI=1S/C13H15NO6/c15-10(6-11(16)12(17)18)7-14-13(19)20-8-9-4-2-1-3-5-9/h1-5,10,15H,6-8H2,(H,14,19)(H,17,18). The van der Waals surface area contributed by atoms with Crippen molar-refractivity contribution in [1.29, 1.82) is 0 Å². The highest BCUT2D eigenvalue weighted by atomic mass is 16.5. The Hall–Kier alpha value is -2.41. The Morgan fingerprint density at radius 1 is 1.20 bits per heavy atom. The van der Waals surface area contributed by atoms with Gasteiger partial charge in [-0.3, -0.25) is 4.79 Å². The lowest BCUT2D eigenvalue weighted by molar-refractivity contribution is -0.150. The van der Waals surface area contributed by atoms with E-state index in [9.17, 15) is 19.5 Å². The zero-order valence-electron chi connectivity index (χ0n) is 10.6. The van der Waals surface area contributed by atoms with Crippen LogP contribution in [0.15, 0.2) is 30.3 Å². The molecule has 0 radical (unpaired) electrons. The fourth-order valence-corrected chi connectivity index (χ4v) is 1.35. The SMILES string of the molecule is O=C(NCC(O)CC(=O)C(=O)O)OCc1ccccc1. The van der Waals surface area contributed by atoms with Gasteiger partial charge in [0.25, 0.3) is 0 Å². The van der Waals surface area contributed by atoms with Gasteiger partial charge in [-0.15, -0.1) is 0 Å². The molecule has 0 spiro atoms. The highest BCUT2D eigenvalue weighted by Gasteiger charge is 2.17. The summed E-state index contributed by atoms with van der Waals surface area (Å²) in [7, 11) is 0. The second-order valence-electron chi connectivity index (χ2n) is 4.03. The first-order valence-corrected chi connectivity index (χ1v) is 5.87. The van der Waals surface area contributed by atoms with E-state index in [0.717, 1.165) is 5.56 Å². The number of hydrogen-bond acceptors (Lipinski definition) is 5. The summed E-state index contributed by atoms with van der Waals surface area (Å²) in [6.07, 6.45) is -2.58. The number of aliphatic hydroxyl groups excluding tert-OH is 1. The van der Waals surface area contributed by atoms with Gasteiger partial charge in [-0.2, -0.15) is 0 Å². The van der Waals surface area contributed by atoms with E-state index in [4.69, 9.17) is 9.84 Å². The number of hydrogen-bond donors (Lipinski definition) is 3. The molecule has 0 aliphatic carbocycles. The Balaban J connectivity index is 2.23. The molecule has 1 aromatic rings. The zero-order chi connectivity index (χ0) is 15.0. The number of benzene rings is 1. The van der Waals surface area contributed by atoms with E-state index < -0.39 is 30.4 Å². The van der Waals surface area contributed by atoms with Gasteiger partial charge >= 0.3 is 12.1 Å². The molecular weight excluding hydrogens is 266 g/mol. The third-order valence-corrected chi connectivity index (χ3v) is 2.35. The summed E-state index contributed by atoms with van der Waals surface area (Å²) in [5.74, 6) is -2.73. The average molecular weight is 281 g/mol. The van der Waals surface area contributed by atoms with Gasteiger partial charge in [0.15, 0.2) is 0 Å². The molecule has 0 saturated heterocycles. The largest absolute Gasteiger partial charge is 0.475 e. The normalized spacial score (nSPS) is 11.4. The smallest absolute Gasteiger partial charge is 0.407 e. The molecule has 0 saturated carbocycles. The third-order valence-electron chi connectivity index (χ3n) is 2.35. The Bertz CT molecular complexity index is 473. The molecule has 1 amide bonds. The Morgan fingerprint density at radius 2 is 1.85 bits per heavy atom. The van der Waals surface area contributed by atoms with Gasteiger partial charge in [-0.1, -0.05) is 30.3 Å². The van der Waals surface area contributed by atoms with E-state index in [0.29, 0.717) is 0 Å². The molecule has 1 aromatic carbocycles. The fourth-order valence-electron chi connectivity index (χ4n) is 1.35. The lowest BCUT2D eigenvalue weighted by atomic mass is 10.2. The van der Waals surface area contributed by atoms with Crippen LogP contribution in [0.3, 0.4) is 0 Å². The second kappa shape index (κ2) is 7.90. The number of aliphatic hydroxyl groups is 1. The maximum atomic E-state index is 11.3. The quantitative estimate of drug-likeness (QED) is 0.620. The highest BCUT2D eigenvalue weighted by Crippen LogP contribution is 2.00. The van der Waals surface area contributed by atoms with Crippen LogP contribution in [0.5, 0.6) is 0 Å². The summed E-state index contributed by atoms with van der Waals surface area (Å²) in [6.45, 7) is -0.177. The number of Topliss-reactive ketones (excluding diaryl/α,β-unsaturated/α-hetero) is 1. The molecule has 0 bridgehead atoms. The van der Waals surface area contributed by atoms with Crippen LogP contribution in [0, 0.1) is 0 Å². The molecule has 1 atom stereocenters. The molecule has 0 heterocycles. The van der Waals surface area contributed by atoms with Crippen LogP contribution in [0.2, 0.25) is 0 Å². The van der Waals surface area contributed by atoms with E-state index in [1.807, 2.05) is 6.07 Å². The summed E-state index contributed by atoms with van der Waals surface area (Å²) in [6, 6.07) is 9.01. The van der Waals surface area contributed by atoms with Crippen LogP contribution < -0.4 is 5.32 Å². The topological polar surface area (TPSA) is 113 Å². The highest BCUT2D eigenvalue weighted by molar-refractivity contribution is 6.32. The molecule has 0 aliphatic rings. The number of aliphatic carboxylic acids is 1. The van der Waals surface area contributed by atoms with Crippen molar-refractivity contribution in [2.24, 2.45) is 0 Å². The van der Waals surface area contributed by atoms with Crippen molar-refractivity contribution in [2.45, 2.75) is 19.1 Å². The minimum absolute atomic E-state index is 0.0802. The molecule has 7 nitrogen and oxygen atoms in total. The minimum Gasteiger partial charge on any atom is -0.475 e. The van der Waals surface area contributed by atoms with Crippen LogP contribution in [-0.4, -0.2) is 40.7 Å². The van der Waals surface area contributed by atoms with E-state index in [-0.39, 0.29) is 13.2 Å². The van der Waals surface area contributed by atoms with Crippen LogP contribution in [0.1, 0.15) is 12.0 Å². The lowest BCUT2D eigenvalue weighted by Gasteiger charge is -2.10. The number of rotatable bonds is 7. The molecule has 0 fully saturated rings. The molecule has 1 unspecified atom stereocenters. The number of carbonyl (C=O) groups excluding carboxylic acids is 2. The predicted octanol–water partition coefficient (Wildman–Crippen LogP) is 0.317. The average Bonchev–Trinajstić information content (AvgIpc) is 2.43. The summed E-state index contributed by atoms with van der Waals surface area (Å²) in [5.41, 5.74) is 0.809. The fraction of sp³-hybridized carbons (Fsp3) is 0.308. The number of carbonyl (C=O) groups is 3. The van der Waals surface area contributed by atoms with Gasteiger partial charge < -0.3 is 20.3 Å². The molecule has 1 rings (SSSR count). The molecule has 3 N–H and O–H groups in total. The maximum absolute atomic E-state index is 11.3. The number of ketones is 1. The van der Waals surface area contributed by atoms with Crippen molar-refractivity contribution in [2.75, 3.05) is 6.54 Å². The van der Waals surface area contributed by atoms with Crippen LogP contribution in [-0.2, 0) is 20.9 Å². The maximum Gasteiger partial charge on any atom is 0.407 e. The molecule has 108 valence electrons. The van der Waals surface area contributed by atoms with Crippen LogP contribution >= 0.6 is 0 Å². The Morgan fingerprint density at radius 3 is 2.45 bits per heavy atom. The van der Waals surface area contributed by atoms with E-state index in [2.05, 4.69) is 5.32 Å². The van der Waals surface area contributed by atoms with Gasteiger partial charge in [0.05, 0.1) is 6.10 Å². The second-order valence-corrected chi connectivity index (χ2v) is 4.03. The Kier molecular flexibility index (Phi) is 6.18. The minimum atomic E-state index is -1.62. The molecule has 0 aliphatic heterocycles. The van der Waals surface area contributed by atoms with E-state index >= 15 is 0 Å². The molecular formula is C13H15NO6. The van der Waals surface area contributed by atoms with Crippen molar-refractivity contribution in [3.63, 3.8) is 0 Å². The lowest BCUT2D eigenvalue weighted by Crippen LogP contribution is -2.34. The van der Waals surface area contributed by atoms with Gasteiger partial charge in [-0.25, -0.2) is 9.59 Å². The van der Waals surface area contributed by atoms with Crippen molar-refractivity contribution in [1.82, 2.24) is 5.32 Å². The molecule has 7 heteroatoms. The first kappa shape index (κ1) is 15.6. The van der Waals surface area contributed by atoms with Crippen molar-refractivity contribution in [3.8, 4) is 0 Å². The molecule has 0 aromatic heterocycles.